The molecule has 0 saturated carbocycles. The summed E-state index contributed by atoms with van der Waals surface area (Å²) >= 11 is 0. The predicted molar refractivity (Wildman–Crippen MR) is 63.4 cm³/mol. The van der Waals surface area contributed by atoms with Crippen molar-refractivity contribution in [3.8, 4) is 0 Å². The zero-order chi connectivity index (χ0) is 14.8. The molecule has 1 atom stereocenters. The summed E-state index contributed by atoms with van der Waals surface area (Å²) in [7, 11) is 0. The number of nitrogens with one attached hydrogen (secondary N) is 1. The Morgan fingerprint density at radius 2 is 1.74 bits per heavy atom. The zero-order valence-corrected chi connectivity index (χ0v) is 10.2. The first-order chi connectivity index (χ1) is 8.88. The molecule has 0 aliphatic carbocycles. The van der Waals surface area contributed by atoms with Crippen molar-refractivity contribution in [2.75, 3.05) is 26.2 Å². The monoisotopic (exact) mass is 275 g/mol. The van der Waals surface area contributed by atoms with E-state index in [1.807, 2.05) is 0 Å². The van der Waals surface area contributed by atoms with Crippen molar-refractivity contribution < 1.29 is 29.4 Å². The van der Waals surface area contributed by atoms with E-state index in [0.29, 0.717) is 6.29 Å². The number of carbonyl (C=O) groups is 4. The van der Waals surface area contributed by atoms with Gasteiger partial charge in [0.05, 0.1) is 25.7 Å². The molecule has 1 amide bonds. The maximum absolute atomic E-state index is 11.0. The Labute approximate surface area is 109 Å². The number of carbonyl (C=O) groups excluding carboxylic acids is 2. The van der Waals surface area contributed by atoms with Crippen LogP contribution < -0.4 is 11.1 Å². The quantitative estimate of drug-likeness (QED) is 0.319. The Morgan fingerprint density at radius 1 is 1.21 bits per heavy atom. The molecule has 19 heavy (non-hydrogen) atoms. The Kier molecular flexibility index (Phi) is 8.05. The number of rotatable bonds is 10. The normalized spacial score (nSPS) is 11.9. The van der Waals surface area contributed by atoms with Gasteiger partial charge in [0.25, 0.3) is 0 Å². The number of nitrogens with zero attached hydrogens (tertiary/aromatic N) is 1. The molecule has 0 spiro atoms. The molecule has 0 heterocycles. The third-order valence-corrected chi connectivity index (χ3v) is 2.17. The van der Waals surface area contributed by atoms with Crippen LogP contribution in [0.5, 0.6) is 0 Å². The van der Waals surface area contributed by atoms with E-state index < -0.39 is 37.0 Å². The summed E-state index contributed by atoms with van der Waals surface area (Å²) < 4.78 is 0. The molecule has 0 rings (SSSR count). The third-order valence-electron chi connectivity index (χ3n) is 2.17. The first kappa shape index (κ1) is 17.0. The van der Waals surface area contributed by atoms with Crippen LogP contribution in [-0.2, 0) is 19.2 Å². The van der Waals surface area contributed by atoms with Crippen LogP contribution in [0.4, 0.5) is 0 Å². The van der Waals surface area contributed by atoms with Gasteiger partial charge >= 0.3 is 11.9 Å². The first-order valence-electron chi connectivity index (χ1n) is 5.49. The second-order valence-electron chi connectivity index (χ2n) is 3.80. The maximum atomic E-state index is 11.0. The number of nitrogens with two attached hydrogens (primary N) is 1. The third kappa shape index (κ3) is 8.69. The molecule has 0 unspecified atom stereocenters. The van der Waals surface area contributed by atoms with Crippen molar-refractivity contribution in [1.29, 1.82) is 0 Å². The van der Waals surface area contributed by atoms with E-state index in [1.54, 1.807) is 0 Å². The first-order valence-corrected chi connectivity index (χ1v) is 5.49. The van der Waals surface area contributed by atoms with E-state index in [1.165, 1.54) is 0 Å². The average Bonchev–Trinajstić information content (AvgIpc) is 2.32. The number of hydrogen-bond donors (Lipinski definition) is 4. The molecular weight excluding hydrogens is 258 g/mol. The van der Waals surface area contributed by atoms with Gasteiger partial charge in [0.2, 0.25) is 5.91 Å². The van der Waals surface area contributed by atoms with Gasteiger partial charge in [-0.3, -0.25) is 19.3 Å². The smallest absolute Gasteiger partial charge is 0.317 e. The number of amides is 1. The van der Waals surface area contributed by atoms with Crippen molar-refractivity contribution in [2.24, 2.45) is 5.73 Å². The molecule has 0 radical (unpaired) electrons. The number of hydrogen-bond acceptors (Lipinski definition) is 6. The van der Waals surface area contributed by atoms with Gasteiger partial charge in [-0.15, -0.1) is 0 Å². The summed E-state index contributed by atoms with van der Waals surface area (Å²) in [4.78, 5) is 43.9. The van der Waals surface area contributed by atoms with Crippen LogP contribution in [0.15, 0.2) is 0 Å². The number of aliphatic carboxylic acids is 2. The molecule has 0 aliphatic rings. The molecule has 108 valence electrons. The number of aldehydes is 1. The molecule has 0 saturated heterocycles. The lowest BCUT2D eigenvalue weighted by molar-refractivity contribution is -0.141. The Hall–Kier alpha value is -2.00. The summed E-state index contributed by atoms with van der Waals surface area (Å²) in [6.45, 7) is -1.13. The predicted octanol–water partition coefficient (Wildman–Crippen LogP) is -2.51. The van der Waals surface area contributed by atoms with Gasteiger partial charge in [-0.2, -0.15) is 0 Å². The van der Waals surface area contributed by atoms with E-state index in [0.717, 1.165) is 4.90 Å². The molecule has 0 aromatic heterocycles. The fourth-order valence-electron chi connectivity index (χ4n) is 1.36. The van der Waals surface area contributed by atoms with E-state index in [4.69, 9.17) is 15.9 Å². The number of carboxylic acids is 2. The van der Waals surface area contributed by atoms with Gasteiger partial charge < -0.3 is 26.1 Å². The van der Waals surface area contributed by atoms with Crippen molar-refractivity contribution >= 4 is 24.1 Å². The van der Waals surface area contributed by atoms with Crippen LogP contribution in [0.3, 0.4) is 0 Å². The largest absolute Gasteiger partial charge is 0.480 e. The second kappa shape index (κ2) is 9.00. The molecule has 0 aromatic carbocycles. The highest BCUT2D eigenvalue weighted by Crippen LogP contribution is 1.96. The Balaban J connectivity index is 4.33. The van der Waals surface area contributed by atoms with Gasteiger partial charge in [-0.05, 0) is 6.42 Å². The highest BCUT2D eigenvalue weighted by Gasteiger charge is 2.16. The minimum absolute atomic E-state index is 0.0485. The lowest BCUT2D eigenvalue weighted by Crippen LogP contribution is -2.43. The molecule has 0 aromatic rings. The lowest BCUT2D eigenvalue weighted by Gasteiger charge is -2.20. The van der Waals surface area contributed by atoms with Gasteiger partial charge in [-0.1, -0.05) is 0 Å². The van der Waals surface area contributed by atoms with Gasteiger partial charge in [-0.25, -0.2) is 0 Å². The molecule has 0 aliphatic heterocycles. The molecule has 0 bridgehead atoms. The minimum atomic E-state index is -1.17. The van der Waals surface area contributed by atoms with E-state index in [2.05, 4.69) is 5.32 Å². The highest BCUT2D eigenvalue weighted by atomic mass is 16.4. The van der Waals surface area contributed by atoms with Gasteiger partial charge in [0.15, 0.2) is 0 Å². The summed E-state index contributed by atoms with van der Waals surface area (Å²) in [5.41, 5.74) is 5.07. The Bertz CT molecular complexity index is 330. The summed E-state index contributed by atoms with van der Waals surface area (Å²) in [6.07, 6.45) is 0.600. The lowest BCUT2D eigenvalue weighted by atomic mass is 10.2. The van der Waals surface area contributed by atoms with E-state index >= 15 is 0 Å². The van der Waals surface area contributed by atoms with Crippen LogP contribution in [0, 0.1) is 0 Å². The van der Waals surface area contributed by atoms with Crippen LogP contribution in [0.1, 0.15) is 6.42 Å². The molecule has 0 fully saturated rings. The summed E-state index contributed by atoms with van der Waals surface area (Å²) in [6, 6.07) is -0.818. The van der Waals surface area contributed by atoms with Crippen LogP contribution in [0.2, 0.25) is 0 Å². The minimum Gasteiger partial charge on any atom is -0.480 e. The zero-order valence-electron chi connectivity index (χ0n) is 10.2. The SMILES string of the molecule is NCC(=O)N[C@@H](C=O)CCN(CC(=O)O)CC(=O)O. The average molecular weight is 275 g/mol. The topological polar surface area (TPSA) is 150 Å². The number of carboxylic acid groups (broad SMARTS) is 2. The molecule has 5 N–H and O–H groups in total. The fourth-order valence-corrected chi connectivity index (χ4v) is 1.36. The van der Waals surface area contributed by atoms with E-state index in [9.17, 15) is 19.2 Å². The molecule has 9 heteroatoms. The summed E-state index contributed by atoms with van der Waals surface area (Å²) in [5.74, 6) is -2.86. The second-order valence-corrected chi connectivity index (χ2v) is 3.80. The molecular formula is C10H17N3O6. The summed E-state index contributed by atoms with van der Waals surface area (Å²) in [5, 5.41) is 19.5. The van der Waals surface area contributed by atoms with Crippen molar-refractivity contribution in [3.63, 3.8) is 0 Å². The van der Waals surface area contributed by atoms with Crippen LogP contribution in [0.25, 0.3) is 0 Å². The molecule has 9 nitrogen and oxygen atoms in total. The van der Waals surface area contributed by atoms with Crippen molar-refractivity contribution in [2.45, 2.75) is 12.5 Å². The van der Waals surface area contributed by atoms with Gasteiger partial charge in [0.1, 0.15) is 6.29 Å². The van der Waals surface area contributed by atoms with E-state index in [-0.39, 0.29) is 19.5 Å². The van der Waals surface area contributed by atoms with Crippen LogP contribution >= 0.6 is 0 Å². The van der Waals surface area contributed by atoms with Crippen molar-refractivity contribution in [3.05, 3.63) is 0 Å². The van der Waals surface area contributed by atoms with Crippen LogP contribution in [-0.4, -0.2) is 71.5 Å². The maximum Gasteiger partial charge on any atom is 0.317 e. The van der Waals surface area contributed by atoms with Gasteiger partial charge in [0, 0.05) is 6.54 Å². The fraction of sp³-hybridized carbons (Fsp3) is 0.600. The highest BCUT2D eigenvalue weighted by molar-refractivity contribution is 5.81. The van der Waals surface area contributed by atoms with Crippen molar-refractivity contribution in [1.82, 2.24) is 10.2 Å². The standard InChI is InChI=1S/C10H17N3O6/c11-3-8(15)12-7(6-14)1-2-13(4-9(16)17)5-10(18)19/h6-7H,1-5,11H2,(H,12,15)(H,16,17)(H,18,19)/t7-/m1/s1. The Morgan fingerprint density at radius 3 is 2.11 bits per heavy atom.